The van der Waals surface area contributed by atoms with Crippen molar-refractivity contribution < 1.29 is 8.42 Å². The molecule has 0 amide bonds. The molecule has 0 saturated carbocycles. The van der Waals surface area contributed by atoms with Gasteiger partial charge in [0.15, 0.2) is 0 Å². The largest absolute Gasteiger partial charge is 0.242 e. The molecule has 0 aromatic heterocycles. The summed E-state index contributed by atoms with van der Waals surface area (Å²) in [6, 6.07) is 4.25. The molecule has 0 aliphatic carbocycles. The summed E-state index contributed by atoms with van der Waals surface area (Å²) in [5.74, 6) is 0. The van der Waals surface area contributed by atoms with Crippen molar-refractivity contribution in [2.45, 2.75) is 23.6 Å². The first-order valence-corrected chi connectivity index (χ1v) is 7.94. The van der Waals surface area contributed by atoms with Crippen molar-refractivity contribution in [2.75, 3.05) is 13.6 Å². The van der Waals surface area contributed by atoms with Crippen LogP contribution < -0.4 is 0 Å². The molecular weight excluding hydrogens is 317 g/mol. The Balaban J connectivity index is 2.95. The highest BCUT2D eigenvalue weighted by Gasteiger charge is 2.21. The summed E-state index contributed by atoms with van der Waals surface area (Å²) in [6.07, 6.45) is 0.582. The summed E-state index contributed by atoms with van der Waals surface area (Å²) in [5.41, 5.74) is 0. The van der Waals surface area contributed by atoms with Gasteiger partial charge >= 0.3 is 0 Å². The molecule has 1 atom stereocenters. The van der Waals surface area contributed by atoms with E-state index in [0.717, 1.165) is 0 Å². The van der Waals surface area contributed by atoms with Crippen LogP contribution in [-0.4, -0.2) is 31.7 Å². The molecule has 0 saturated heterocycles. The standard InChI is InChI=1S/C11H14Cl3NO2S/c1-8(12)5-6-15(2)18(16,17)9-3-4-10(13)11(14)7-9/h3-4,7-8H,5-6H2,1-2H3. The second-order valence-electron chi connectivity index (χ2n) is 3.97. The van der Waals surface area contributed by atoms with Crippen molar-refractivity contribution in [3.8, 4) is 0 Å². The van der Waals surface area contributed by atoms with Crippen LogP contribution >= 0.6 is 34.8 Å². The smallest absolute Gasteiger partial charge is 0.207 e. The van der Waals surface area contributed by atoms with Gasteiger partial charge in [0.05, 0.1) is 14.9 Å². The lowest BCUT2D eigenvalue weighted by Crippen LogP contribution is -2.29. The molecule has 0 radical (unpaired) electrons. The van der Waals surface area contributed by atoms with Crippen LogP contribution in [0.25, 0.3) is 0 Å². The van der Waals surface area contributed by atoms with E-state index >= 15 is 0 Å². The Morgan fingerprint density at radius 1 is 1.28 bits per heavy atom. The summed E-state index contributed by atoms with van der Waals surface area (Å²) >= 11 is 17.4. The highest BCUT2D eigenvalue weighted by Crippen LogP contribution is 2.26. The van der Waals surface area contributed by atoms with E-state index in [1.165, 1.54) is 29.6 Å². The Morgan fingerprint density at radius 3 is 2.39 bits per heavy atom. The number of halogens is 3. The third-order valence-electron chi connectivity index (χ3n) is 2.44. The minimum absolute atomic E-state index is 0.0727. The number of alkyl halides is 1. The van der Waals surface area contributed by atoms with E-state index in [2.05, 4.69) is 0 Å². The fourth-order valence-corrected chi connectivity index (χ4v) is 2.97. The SMILES string of the molecule is CC(Cl)CCN(C)S(=O)(=O)c1ccc(Cl)c(Cl)c1. The van der Waals surface area contributed by atoms with Gasteiger partial charge in [-0.05, 0) is 31.5 Å². The first-order chi connectivity index (χ1) is 8.25. The monoisotopic (exact) mass is 329 g/mol. The van der Waals surface area contributed by atoms with Gasteiger partial charge in [-0.1, -0.05) is 23.2 Å². The highest BCUT2D eigenvalue weighted by molar-refractivity contribution is 7.89. The molecule has 1 unspecified atom stereocenters. The van der Waals surface area contributed by atoms with Crippen molar-refractivity contribution in [1.82, 2.24) is 4.31 Å². The summed E-state index contributed by atoms with van der Waals surface area (Å²) < 4.78 is 25.6. The van der Waals surface area contributed by atoms with Crippen LogP contribution in [0.5, 0.6) is 0 Å². The van der Waals surface area contributed by atoms with Gasteiger partial charge < -0.3 is 0 Å². The normalized spacial score (nSPS) is 13.9. The lowest BCUT2D eigenvalue weighted by Gasteiger charge is -2.18. The van der Waals surface area contributed by atoms with E-state index in [0.29, 0.717) is 18.0 Å². The van der Waals surface area contributed by atoms with Crippen LogP contribution in [0.3, 0.4) is 0 Å². The number of rotatable bonds is 5. The predicted octanol–water partition coefficient (Wildman–Crippen LogP) is 3.63. The Kier molecular flexibility index (Phi) is 5.74. The van der Waals surface area contributed by atoms with Crippen LogP contribution in [0.1, 0.15) is 13.3 Å². The minimum Gasteiger partial charge on any atom is -0.207 e. The molecule has 0 aliphatic heterocycles. The molecule has 0 aliphatic rings. The van der Waals surface area contributed by atoms with Gasteiger partial charge in [-0.25, -0.2) is 12.7 Å². The van der Waals surface area contributed by atoms with Gasteiger partial charge in [0.2, 0.25) is 10.0 Å². The zero-order valence-electron chi connectivity index (χ0n) is 10.0. The molecule has 0 N–H and O–H groups in total. The first kappa shape index (κ1) is 16.1. The van der Waals surface area contributed by atoms with Gasteiger partial charge in [0, 0.05) is 19.0 Å². The molecule has 102 valence electrons. The number of hydrogen-bond donors (Lipinski definition) is 0. The maximum Gasteiger partial charge on any atom is 0.242 e. The zero-order chi connectivity index (χ0) is 13.9. The number of hydrogen-bond acceptors (Lipinski definition) is 2. The van der Waals surface area contributed by atoms with Crippen molar-refractivity contribution in [2.24, 2.45) is 0 Å². The maximum atomic E-state index is 12.2. The second kappa shape index (κ2) is 6.44. The molecule has 0 fully saturated rings. The van der Waals surface area contributed by atoms with Gasteiger partial charge in [-0.3, -0.25) is 0 Å². The van der Waals surface area contributed by atoms with E-state index in [9.17, 15) is 8.42 Å². The van der Waals surface area contributed by atoms with E-state index in [1.54, 1.807) is 0 Å². The molecule has 0 heterocycles. The van der Waals surface area contributed by atoms with E-state index in [1.807, 2.05) is 6.92 Å². The van der Waals surface area contributed by atoms with E-state index in [-0.39, 0.29) is 15.3 Å². The van der Waals surface area contributed by atoms with Gasteiger partial charge in [-0.15, -0.1) is 11.6 Å². The fraction of sp³-hybridized carbons (Fsp3) is 0.455. The lowest BCUT2D eigenvalue weighted by molar-refractivity contribution is 0.460. The van der Waals surface area contributed by atoms with E-state index < -0.39 is 10.0 Å². The third kappa shape index (κ3) is 4.00. The van der Waals surface area contributed by atoms with Crippen LogP contribution in [0, 0.1) is 0 Å². The van der Waals surface area contributed by atoms with Gasteiger partial charge in [-0.2, -0.15) is 0 Å². The first-order valence-electron chi connectivity index (χ1n) is 5.30. The Labute approximate surface area is 123 Å². The highest BCUT2D eigenvalue weighted by atomic mass is 35.5. The topological polar surface area (TPSA) is 37.4 Å². The number of nitrogens with zero attached hydrogens (tertiary/aromatic N) is 1. The fourth-order valence-electron chi connectivity index (χ4n) is 1.30. The van der Waals surface area contributed by atoms with Crippen molar-refractivity contribution >= 4 is 44.8 Å². The molecule has 1 aromatic rings. The van der Waals surface area contributed by atoms with Crippen LogP contribution in [0.4, 0.5) is 0 Å². The zero-order valence-corrected chi connectivity index (χ0v) is 13.1. The average Bonchev–Trinajstić information content (AvgIpc) is 2.29. The maximum absolute atomic E-state index is 12.2. The number of sulfonamides is 1. The molecule has 7 heteroatoms. The summed E-state index contributed by atoms with van der Waals surface area (Å²) in [7, 11) is -2.03. The molecule has 3 nitrogen and oxygen atoms in total. The summed E-state index contributed by atoms with van der Waals surface area (Å²) in [5, 5.41) is 0.473. The molecule has 18 heavy (non-hydrogen) atoms. The van der Waals surface area contributed by atoms with Gasteiger partial charge in [0.1, 0.15) is 0 Å². The summed E-state index contributed by atoms with van der Waals surface area (Å²) in [4.78, 5) is 0.127. The van der Waals surface area contributed by atoms with Crippen molar-refractivity contribution in [3.05, 3.63) is 28.2 Å². The minimum atomic E-state index is -3.54. The van der Waals surface area contributed by atoms with Crippen LogP contribution in [0.2, 0.25) is 10.0 Å². The van der Waals surface area contributed by atoms with Crippen LogP contribution in [0.15, 0.2) is 23.1 Å². The average molecular weight is 331 g/mol. The van der Waals surface area contributed by atoms with Crippen molar-refractivity contribution in [1.29, 1.82) is 0 Å². The molecule has 0 bridgehead atoms. The van der Waals surface area contributed by atoms with Crippen molar-refractivity contribution in [3.63, 3.8) is 0 Å². The van der Waals surface area contributed by atoms with E-state index in [4.69, 9.17) is 34.8 Å². The molecule has 1 rings (SSSR count). The Morgan fingerprint density at radius 2 is 1.89 bits per heavy atom. The lowest BCUT2D eigenvalue weighted by atomic mass is 10.3. The Bertz CT molecular complexity index is 517. The number of benzene rings is 1. The summed E-state index contributed by atoms with van der Waals surface area (Å²) in [6.45, 7) is 2.18. The van der Waals surface area contributed by atoms with Crippen LogP contribution in [-0.2, 0) is 10.0 Å². The van der Waals surface area contributed by atoms with Gasteiger partial charge in [0.25, 0.3) is 0 Å². The molecular formula is C11H14Cl3NO2S. The molecule has 1 aromatic carbocycles. The predicted molar refractivity (Wildman–Crippen MR) is 76.2 cm³/mol. The third-order valence-corrected chi connectivity index (χ3v) is 5.25. The second-order valence-corrected chi connectivity index (χ2v) is 7.58. The Hall–Kier alpha value is -0.000000000000000111. The quantitative estimate of drug-likeness (QED) is 0.773. The molecule has 0 spiro atoms.